The van der Waals surface area contributed by atoms with Crippen molar-refractivity contribution in [1.29, 1.82) is 0 Å². The Kier molecular flexibility index (Phi) is 7.34. The topological polar surface area (TPSA) is 64.1 Å². The number of carbonyl (C=O) groups is 1. The number of anilines is 1. The van der Waals surface area contributed by atoms with Gasteiger partial charge in [-0.15, -0.1) is 0 Å². The molecule has 5 heteroatoms. The van der Waals surface area contributed by atoms with E-state index < -0.39 is 0 Å². The lowest BCUT2D eigenvalue weighted by Crippen LogP contribution is -2.15. The molecule has 3 aromatic rings. The molecule has 0 unspecified atom stereocenters. The molecule has 1 amide bonds. The standard InChI is InChI=1S/C24H27N3O2/c1-3-4-5-6-7-8-15-29-20-12-9-11-19(17-20)26-24(28)23-18(2)16-22-21(27-23)13-10-14-25-22/h4-5,9-14,16-17H,3,6-8,15H2,1-2H3,(H,26,28). The third kappa shape index (κ3) is 5.88. The Labute approximate surface area is 171 Å². The van der Waals surface area contributed by atoms with Gasteiger partial charge in [0.15, 0.2) is 0 Å². The van der Waals surface area contributed by atoms with Crippen LogP contribution >= 0.6 is 0 Å². The molecule has 0 aliphatic heterocycles. The molecule has 0 radical (unpaired) electrons. The van der Waals surface area contributed by atoms with Crippen LogP contribution in [0.1, 0.15) is 48.7 Å². The van der Waals surface area contributed by atoms with Crippen molar-refractivity contribution in [1.82, 2.24) is 9.97 Å². The van der Waals surface area contributed by atoms with Gasteiger partial charge >= 0.3 is 0 Å². The Bertz CT molecular complexity index is 998. The minimum Gasteiger partial charge on any atom is -0.494 e. The van der Waals surface area contributed by atoms with Crippen molar-refractivity contribution in [2.24, 2.45) is 0 Å². The van der Waals surface area contributed by atoms with Crippen molar-refractivity contribution in [3.63, 3.8) is 0 Å². The van der Waals surface area contributed by atoms with E-state index in [0.717, 1.165) is 42.5 Å². The molecular formula is C24H27N3O2. The summed E-state index contributed by atoms with van der Waals surface area (Å²) in [6.45, 7) is 4.67. The predicted molar refractivity (Wildman–Crippen MR) is 117 cm³/mol. The van der Waals surface area contributed by atoms with Gasteiger partial charge < -0.3 is 10.1 Å². The van der Waals surface area contributed by atoms with E-state index in [2.05, 4.69) is 34.4 Å². The molecule has 29 heavy (non-hydrogen) atoms. The lowest BCUT2D eigenvalue weighted by Gasteiger charge is -2.10. The maximum atomic E-state index is 12.7. The van der Waals surface area contributed by atoms with Crippen LogP contribution < -0.4 is 10.1 Å². The van der Waals surface area contributed by atoms with E-state index in [-0.39, 0.29) is 5.91 Å². The highest BCUT2D eigenvalue weighted by Crippen LogP contribution is 2.20. The number of amides is 1. The molecule has 5 nitrogen and oxygen atoms in total. The average molecular weight is 389 g/mol. The number of allylic oxidation sites excluding steroid dienone is 2. The zero-order valence-electron chi connectivity index (χ0n) is 17.0. The van der Waals surface area contributed by atoms with Gasteiger partial charge in [-0.25, -0.2) is 4.98 Å². The van der Waals surface area contributed by atoms with Gasteiger partial charge in [0.2, 0.25) is 0 Å². The van der Waals surface area contributed by atoms with E-state index in [9.17, 15) is 4.79 Å². The Hall–Kier alpha value is -3.21. The number of nitrogens with zero attached hydrogens (tertiary/aromatic N) is 2. The zero-order valence-corrected chi connectivity index (χ0v) is 17.0. The van der Waals surface area contributed by atoms with Crippen molar-refractivity contribution in [3.05, 3.63) is 72.1 Å². The predicted octanol–water partition coefficient (Wildman–Crippen LogP) is 5.71. The molecule has 0 saturated carbocycles. The first-order chi connectivity index (χ1) is 14.2. The number of aromatic nitrogens is 2. The highest BCUT2D eigenvalue weighted by atomic mass is 16.5. The molecule has 0 atom stereocenters. The highest BCUT2D eigenvalue weighted by molar-refractivity contribution is 6.05. The first-order valence-corrected chi connectivity index (χ1v) is 10.1. The SMILES string of the molecule is CCC=CCCCCOc1cccc(NC(=O)c2nc3cccnc3cc2C)c1. The lowest BCUT2D eigenvalue weighted by atomic mass is 10.1. The number of rotatable bonds is 9. The fraction of sp³-hybridized carbons (Fsp3) is 0.292. The quantitative estimate of drug-likeness (QED) is 0.376. The Morgan fingerprint density at radius 1 is 1.10 bits per heavy atom. The molecular weight excluding hydrogens is 362 g/mol. The van der Waals surface area contributed by atoms with E-state index in [1.807, 2.05) is 49.4 Å². The summed E-state index contributed by atoms with van der Waals surface area (Å²) in [7, 11) is 0. The van der Waals surface area contributed by atoms with Crippen LogP contribution in [-0.2, 0) is 0 Å². The largest absolute Gasteiger partial charge is 0.494 e. The minimum atomic E-state index is -0.242. The van der Waals surface area contributed by atoms with Gasteiger partial charge in [-0.05, 0) is 68.5 Å². The number of benzene rings is 1. The van der Waals surface area contributed by atoms with E-state index in [1.165, 1.54) is 0 Å². The number of nitrogens with one attached hydrogen (secondary N) is 1. The summed E-state index contributed by atoms with van der Waals surface area (Å²) in [6, 6.07) is 13.0. The van der Waals surface area contributed by atoms with E-state index >= 15 is 0 Å². The molecule has 0 aliphatic rings. The molecule has 0 aliphatic carbocycles. The summed E-state index contributed by atoms with van der Waals surface area (Å²) in [5.74, 6) is 0.507. The smallest absolute Gasteiger partial charge is 0.274 e. The molecule has 1 aromatic carbocycles. The van der Waals surface area contributed by atoms with E-state index in [0.29, 0.717) is 23.5 Å². The second kappa shape index (κ2) is 10.4. The molecule has 2 aromatic heterocycles. The molecule has 2 heterocycles. The first-order valence-electron chi connectivity index (χ1n) is 10.1. The number of hydrogen-bond acceptors (Lipinski definition) is 4. The van der Waals surface area contributed by atoms with Crippen molar-refractivity contribution in [3.8, 4) is 5.75 Å². The van der Waals surface area contributed by atoms with Crippen LogP contribution in [0.15, 0.2) is 60.8 Å². The molecule has 0 fully saturated rings. The fourth-order valence-electron chi connectivity index (χ4n) is 3.02. The third-order valence-corrected chi connectivity index (χ3v) is 4.52. The first kappa shape index (κ1) is 20.5. The van der Waals surface area contributed by atoms with Gasteiger partial charge in [0, 0.05) is 18.0 Å². The van der Waals surface area contributed by atoms with Crippen LogP contribution in [-0.4, -0.2) is 22.5 Å². The van der Waals surface area contributed by atoms with Gasteiger partial charge in [-0.2, -0.15) is 0 Å². The normalized spacial score (nSPS) is 11.1. The summed E-state index contributed by atoms with van der Waals surface area (Å²) in [5.41, 5.74) is 3.36. The average Bonchev–Trinajstić information content (AvgIpc) is 2.73. The van der Waals surface area contributed by atoms with E-state index in [4.69, 9.17) is 4.74 Å². The van der Waals surface area contributed by atoms with Gasteiger partial charge in [-0.3, -0.25) is 9.78 Å². The second-order valence-electron chi connectivity index (χ2n) is 6.90. The molecule has 1 N–H and O–H groups in total. The Morgan fingerprint density at radius 3 is 2.86 bits per heavy atom. The zero-order chi connectivity index (χ0) is 20.5. The minimum absolute atomic E-state index is 0.242. The maximum absolute atomic E-state index is 12.7. The van der Waals surface area contributed by atoms with Crippen molar-refractivity contribution < 1.29 is 9.53 Å². The fourth-order valence-corrected chi connectivity index (χ4v) is 3.02. The third-order valence-electron chi connectivity index (χ3n) is 4.52. The number of pyridine rings is 2. The molecule has 150 valence electrons. The Balaban J connectivity index is 1.59. The number of carbonyl (C=O) groups excluding carboxylic acids is 1. The molecule has 0 saturated heterocycles. The monoisotopic (exact) mass is 389 g/mol. The summed E-state index contributed by atoms with van der Waals surface area (Å²) in [5, 5.41) is 2.92. The number of aryl methyl sites for hydroxylation is 1. The van der Waals surface area contributed by atoms with Crippen LogP contribution in [0.5, 0.6) is 5.75 Å². The van der Waals surface area contributed by atoms with Crippen molar-refractivity contribution >= 4 is 22.6 Å². The van der Waals surface area contributed by atoms with Crippen LogP contribution in [0.2, 0.25) is 0 Å². The van der Waals surface area contributed by atoms with Crippen molar-refractivity contribution in [2.75, 3.05) is 11.9 Å². The number of ether oxygens (including phenoxy) is 1. The van der Waals surface area contributed by atoms with Crippen LogP contribution in [0.3, 0.4) is 0 Å². The number of unbranched alkanes of at least 4 members (excludes halogenated alkanes) is 2. The van der Waals surface area contributed by atoms with Gasteiger partial charge in [0.25, 0.3) is 5.91 Å². The molecule has 3 rings (SSSR count). The van der Waals surface area contributed by atoms with Crippen LogP contribution in [0.4, 0.5) is 5.69 Å². The second-order valence-corrected chi connectivity index (χ2v) is 6.90. The van der Waals surface area contributed by atoms with Gasteiger partial charge in [0.05, 0.1) is 17.6 Å². The Morgan fingerprint density at radius 2 is 2.00 bits per heavy atom. The summed E-state index contributed by atoms with van der Waals surface area (Å²) < 4.78 is 5.82. The maximum Gasteiger partial charge on any atom is 0.274 e. The van der Waals surface area contributed by atoms with Crippen LogP contribution in [0.25, 0.3) is 11.0 Å². The molecule has 0 bridgehead atoms. The lowest BCUT2D eigenvalue weighted by molar-refractivity contribution is 0.102. The van der Waals surface area contributed by atoms with Crippen LogP contribution in [0, 0.1) is 6.92 Å². The summed E-state index contributed by atoms with van der Waals surface area (Å²) in [4.78, 5) is 21.5. The summed E-state index contributed by atoms with van der Waals surface area (Å²) >= 11 is 0. The number of fused-ring (bicyclic) bond motifs is 1. The molecule has 0 spiro atoms. The number of hydrogen-bond donors (Lipinski definition) is 1. The van der Waals surface area contributed by atoms with Crippen molar-refractivity contribution in [2.45, 2.75) is 39.5 Å². The van der Waals surface area contributed by atoms with Gasteiger partial charge in [-0.1, -0.05) is 25.1 Å². The van der Waals surface area contributed by atoms with E-state index in [1.54, 1.807) is 6.20 Å². The highest BCUT2D eigenvalue weighted by Gasteiger charge is 2.13. The summed E-state index contributed by atoms with van der Waals surface area (Å²) in [6.07, 6.45) is 10.4. The van der Waals surface area contributed by atoms with Gasteiger partial charge in [0.1, 0.15) is 11.4 Å².